The van der Waals surface area contributed by atoms with E-state index in [9.17, 15) is 10.2 Å². The first-order chi connectivity index (χ1) is 8.40. The molecule has 0 aliphatic heterocycles. The van der Waals surface area contributed by atoms with Gasteiger partial charge in [0.1, 0.15) is 0 Å². The third-order valence-corrected chi connectivity index (χ3v) is 2.21. The Bertz CT molecular complexity index is 216. The van der Waals surface area contributed by atoms with Gasteiger partial charge in [-0.25, -0.2) is 10.0 Å². The van der Waals surface area contributed by atoms with Crippen molar-refractivity contribution < 1.29 is 27.3 Å². The number of thiocarbonyl (C=S) groups is 2. The van der Waals surface area contributed by atoms with Crippen LogP contribution in [0.5, 0.6) is 0 Å². The summed E-state index contributed by atoms with van der Waals surface area (Å²) < 4.78 is 0. The maximum absolute atomic E-state index is 10.2. The molecule has 0 aromatic rings. The normalized spacial score (nSPS) is 9.16. The molecule has 0 aliphatic rings. The molecule has 0 amide bonds. The molecule has 0 aliphatic carbocycles. The van der Waals surface area contributed by atoms with Gasteiger partial charge in [-0.05, 0) is 0 Å². The second kappa shape index (κ2) is 15.9. The fraction of sp³-hybridized carbons (Fsp3) is 0.800. The van der Waals surface area contributed by atoms with E-state index >= 15 is 0 Å². The number of hydrazine groups is 2. The van der Waals surface area contributed by atoms with Crippen molar-refractivity contribution in [2.75, 3.05) is 26.2 Å². The quantitative estimate of drug-likeness (QED) is 0.354. The first-order valence-corrected chi connectivity index (χ1v) is 6.67. The molecular weight excluding hydrogens is 336 g/mol. The van der Waals surface area contributed by atoms with Crippen molar-refractivity contribution in [1.29, 1.82) is 0 Å². The zero-order valence-corrected chi connectivity index (χ0v) is 14.2. The number of hydrogen-bond acceptors (Lipinski definition) is 6. The molecule has 2 N–H and O–H groups in total. The van der Waals surface area contributed by atoms with Crippen molar-refractivity contribution >= 4 is 34.8 Å². The van der Waals surface area contributed by atoms with Crippen LogP contribution in [-0.2, 0) is 17.1 Å². The van der Waals surface area contributed by atoms with Gasteiger partial charge in [-0.1, -0.05) is 52.1 Å². The molecule has 9 heteroatoms. The van der Waals surface area contributed by atoms with Crippen LogP contribution in [0.3, 0.4) is 0 Å². The molecule has 0 bridgehead atoms. The van der Waals surface area contributed by atoms with Gasteiger partial charge >= 0.3 is 17.1 Å². The third-order valence-electron chi connectivity index (χ3n) is 2.03. The molecule has 117 valence electrons. The molecule has 6 nitrogen and oxygen atoms in total. The van der Waals surface area contributed by atoms with Gasteiger partial charge in [0.15, 0.2) is 0 Å². The first kappa shape index (κ1) is 23.9. The molecule has 0 unspecified atom stereocenters. The second-order valence-corrected chi connectivity index (χ2v) is 3.88. The first-order valence-electron chi connectivity index (χ1n) is 5.86. The number of nitrogens with zero attached hydrogens (tertiary/aromatic N) is 2. The van der Waals surface area contributed by atoms with E-state index in [0.29, 0.717) is 0 Å². The minimum absolute atomic E-state index is 0. The van der Waals surface area contributed by atoms with Crippen molar-refractivity contribution in [3.63, 3.8) is 0 Å². The van der Waals surface area contributed by atoms with Crippen LogP contribution in [0.1, 0.15) is 27.7 Å². The van der Waals surface area contributed by atoms with Crippen LogP contribution in [0, 0.1) is 0 Å². The Morgan fingerprint density at radius 1 is 0.789 bits per heavy atom. The molecule has 0 heterocycles. The molecule has 0 rings (SSSR count). The fourth-order valence-corrected chi connectivity index (χ4v) is 1.28. The van der Waals surface area contributed by atoms with E-state index in [1.54, 1.807) is 10.0 Å². The predicted molar refractivity (Wildman–Crippen MR) is 77.3 cm³/mol. The summed E-state index contributed by atoms with van der Waals surface area (Å²) in [5.74, 6) is 0. The van der Waals surface area contributed by atoms with Gasteiger partial charge in [0.25, 0.3) is 0 Å². The van der Waals surface area contributed by atoms with Crippen LogP contribution in [0.15, 0.2) is 0 Å². The molecule has 1 radical (unpaired) electrons. The van der Waals surface area contributed by atoms with E-state index in [0.717, 1.165) is 26.2 Å². The average Bonchev–Trinajstić information content (AvgIpc) is 2.33. The van der Waals surface area contributed by atoms with E-state index in [2.05, 4.69) is 35.3 Å². The van der Waals surface area contributed by atoms with Crippen LogP contribution < -0.4 is 21.1 Å². The third kappa shape index (κ3) is 17.8. The van der Waals surface area contributed by atoms with Crippen molar-refractivity contribution in [3.8, 4) is 0 Å². The minimum Gasteiger partial charge on any atom is -0.851 e. The number of hydrogen-bond donors (Lipinski definition) is 2. The summed E-state index contributed by atoms with van der Waals surface area (Å²) >= 11 is 8.59. The Morgan fingerprint density at radius 2 is 1.00 bits per heavy atom. The van der Waals surface area contributed by atoms with Crippen LogP contribution >= 0.6 is 24.4 Å². The molecule has 0 spiro atoms. The SMILES string of the molecule is CCN(CC)NC([O-])=S.CCN(CC)NC([O-])=S.[Cu+2]. The van der Waals surface area contributed by atoms with Gasteiger partial charge in [-0.3, -0.25) is 0 Å². The summed E-state index contributed by atoms with van der Waals surface area (Å²) in [4.78, 5) is 0. The molecule has 0 aromatic carbocycles. The van der Waals surface area contributed by atoms with Gasteiger partial charge in [-0.15, -0.1) is 0 Å². The summed E-state index contributed by atoms with van der Waals surface area (Å²) in [7, 11) is 0. The van der Waals surface area contributed by atoms with Crippen molar-refractivity contribution in [2.24, 2.45) is 0 Å². The Kier molecular flexibility index (Phi) is 20.0. The van der Waals surface area contributed by atoms with E-state index < -0.39 is 10.3 Å². The van der Waals surface area contributed by atoms with E-state index in [-0.39, 0.29) is 17.1 Å². The monoisotopic (exact) mass is 357 g/mol. The second-order valence-electron chi connectivity index (χ2n) is 3.14. The Balaban J connectivity index is -0.000000256. The zero-order valence-electron chi connectivity index (χ0n) is 11.7. The number of rotatable bonds is 6. The molecule has 0 atom stereocenters. The minimum atomic E-state index is -0.418. The predicted octanol–water partition coefficient (Wildman–Crippen LogP) is -1.05. The van der Waals surface area contributed by atoms with Gasteiger partial charge in [0.05, 0.1) is 0 Å². The van der Waals surface area contributed by atoms with Crippen molar-refractivity contribution in [3.05, 3.63) is 0 Å². The Morgan fingerprint density at radius 3 is 1.05 bits per heavy atom. The zero-order chi connectivity index (χ0) is 14.6. The summed E-state index contributed by atoms with van der Waals surface area (Å²) in [6.45, 7) is 11.0. The maximum atomic E-state index is 10.2. The van der Waals surface area contributed by atoms with Crippen molar-refractivity contribution in [1.82, 2.24) is 20.9 Å². The van der Waals surface area contributed by atoms with Gasteiger partial charge in [-0.2, -0.15) is 0 Å². The average molecular weight is 358 g/mol. The molecule has 0 saturated carbocycles. The van der Waals surface area contributed by atoms with Crippen LogP contribution in [0.2, 0.25) is 0 Å². The molecule has 0 fully saturated rings. The summed E-state index contributed by atoms with van der Waals surface area (Å²) in [5, 5.41) is 23.1. The van der Waals surface area contributed by atoms with E-state index in [1.165, 1.54) is 0 Å². The Hall–Kier alpha value is -0.181. The Labute approximate surface area is 136 Å². The van der Waals surface area contributed by atoms with E-state index in [4.69, 9.17) is 0 Å². The van der Waals surface area contributed by atoms with Crippen LogP contribution in [-0.4, -0.2) is 46.5 Å². The fourth-order valence-electron chi connectivity index (χ4n) is 1.02. The van der Waals surface area contributed by atoms with Crippen LogP contribution in [0.25, 0.3) is 0 Å². The topological polar surface area (TPSA) is 76.7 Å². The maximum Gasteiger partial charge on any atom is 2.00 e. The molecule has 0 aromatic heterocycles. The molecular formula is C10H22CuN4O2S2. The smallest absolute Gasteiger partial charge is 0.851 e. The largest absolute Gasteiger partial charge is 2.00 e. The standard InChI is InChI=1S/2C5H12N2OS.Cu/c2*1-3-7(4-2)6-5(8)9;/h2*3-4H2,1-2H3,(H2,6,8,9);/q;;+2/p-2. The number of nitrogens with one attached hydrogen (secondary N) is 2. The summed E-state index contributed by atoms with van der Waals surface area (Å²) in [6, 6.07) is 0. The van der Waals surface area contributed by atoms with Crippen LogP contribution in [0.4, 0.5) is 0 Å². The van der Waals surface area contributed by atoms with Gasteiger partial charge < -0.3 is 21.1 Å². The van der Waals surface area contributed by atoms with Gasteiger partial charge in [0, 0.05) is 36.5 Å². The van der Waals surface area contributed by atoms with Crippen molar-refractivity contribution in [2.45, 2.75) is 27.7 Å². The van der Waals surface area contributed by atoms with Gasteiger partial charge in [0.2, 0.25) is 0 Å². The molecule has 0 saturated heterocycles. The van der Waals surface area contributed by atoms with E-state index in [1.807, 2.05) is 27.7 Å². The summed E-state index contributed by atoms with van der Waals surface area (Å²) in [6.07, 6.45) is 0. The molecule has 19 heavy (non-hydrogen) atoms. The summed E-state index contributed by atoms with van der Waals surface area (Å²) in [5.41, 5.74) is 4.98.